The van der Waals surface area contributed by atoms with Crippen LogP contribution in [-0.2, 0) is 16.6 Å². The van der Waals surface area contributed by atoms with E-state index in [0.29, 0.717) is 18.7 Å². The molecule has 0 unspecified atom stereocenters. The zero-order valence-electron chi connectivity index (χ0n) is 16.2. The standard InChI is InChI=1S/C20H22ClFN2O4S/c1-23(13-14-5-8-18(28-2)17(22)11-14)20(25)15-6-7-16(21)19(12-15)29(26,27)24-9-3-4-10-24/h5-8,11-12H,3-4,9-10,13H2,1-2H3. The van der Waals surface area contributed by atoms with Crippen molar-refractivity contribution in [2.75, 3.05) is 27.2 Å². The Kier molecular flexibility index (Phi) is 6.45. The second kappa shape index (κ2) is 8.69. The Balaban J connectivity index is 1.83. The number of carbonyl (C=O) groups is 1. The van der Waals surface area contributed by atoms with Crippen molar-refractivity contribution in [3.63, 3.8) is 0 Å². The molecule has 0 aromatic heterocycles. The third kappa shape index (κ3) is 4.55. The van der Waals surface area contributed by atoms with Gasteiger partial charge in [-0.1, -0.05) is 17.7 Å². The Morgan fingerprint density at radius 1 is 1.21 bits per heavy atom. The summed E-state index contributed by atoms with van der Waals surface area (Å²) in [6.07, 6.45) is 1.60. The summed E-state index contributed by atoms with van der Waals surface area (Å²) in [6.45, 7) is 1.04. The van der Waals surface area contributed by atoms with E-state index < -0.39 is 21.7 Å². The highest BCUT2D eigenvalue weighted by molar-refractivity contribution is 7.89. The zero-order chi connectivity index (χ0) is 21.2. The van der Waals surface area contributed by atoms with E-state index in [1.807, 2.05) is 0 Å². The number of methoxy groups -OCH3 is 1. The molecule has 1 heterocycles. The summed E-state index contributed by atoms with van der Waals surface area (Å²) in [5.74, 6) is -0.788. The molecule has 0 bridgehead atoms. The molecule has 1 aliphatic heterocycles. The van der Waals surface area contributed by atoms with Crippen LogP contribution in [0, 0.1) is 5.82 Å². The second-order valence-electron chi connectivity index (χ2n) is 6.89. The van der Waals surface area contributed by atoms with Crippen molar-refractivity contribution in [1.82, 2.24) is 9.21 Å². The molecule has 0 radical (unpaired) electrons. The van der Waals surface area contributed by atoms with Gasteiger partial charge in [-0.3, -0.25) is 4.79 Å². The zero-order valence-corrected chi connectivity index (χ0v) is 17.8. The van der Waals surface area contributed by atoms with Crippen molar-refractivity contribution < 1.29 is 22.3 Å². The van der Waals surface area contributed by atoms with Gasteiger partial charge in [-0.15, -0.1) is 0 Å². The lowest BCUT2D eigenvalue weighted by atomic mass is 10.1. The van der Waals surface area contributed by atoms with Gasteiger partial charge in [0.1, 0.15) is 4.90 Å². The molecule has 0 N–H and O–H groups in total. The first-order valence-electron chi connectivity index (χ1n) is 9.11. The van der Waals surface area contributed by atoms with E-state index in [0.717, 1.165) is 12.8 Å². The quantitative estimate of drug-likeness (QED) is 0.689. The normalized spacial score (nSPS) is 14.8. The molecule has 0 aliphatic carbocycles. The van der Waals surface area contributed by atoms with Gasteiger partial charge in [0, 0.05) is 32.2 Å². The molecular formula is C20H22ClFN2O4S. The van der Waals surface area contributed by atoms with E-state index >= 15 is 0 Å². The maximum absolute atomic E-state index is 13.9. The van der Waals surface area contributed by atoms with Gasteiger partial charge in [-0.25, -0.2) is 12.8 Å². The number of halogens is 2. The fourth-order valence-electron chi connectivity index (χ4n) is 3.28. The minimum Gasteiger partial charge on any atom is -0.494 e. The molecule has 0 atom stereocenters. The topological polar surface area (TPSA) is 66.9 Å². The number of amides is 1. The Hall–Kier alpha value is -2.16. The van der Waals surface area contributed by atoms with Crippen LogP contribution in [0.4, 0.5) is 4.39 Å². The maximum atomic E-state index is 13.9. The minimum absolute atomic E-state index is 0.0733. The number of carbonyl (C=O) groups excluding carboxylic acids is 1. The lowest BCUT2D eigenvalue weighted by Gasteiger charge is -2.20. The predicted octanol–water partition coefficient (Wildman–Crippen LogP) is 3.54. The van der Waals surface area contributed by atoms with E-state index in [4.69, 9.17) is 16.3 Å². The van der Waals surface area contributed by atoms with E-state index in [1.165, 1.54) is 46.6 Å². The van der Waals surface area contributed by atoms with Gasteiger partial charge in [0.2, 0.25) is 10.0 Å². The summed E-state index contributed by atoms with van der Waals surface area (Å²) in [6, 6.07) is 8.66. The first-order chi connectivity index (χ1) is 13.7. The summed E-state index contributed by atoms with van der Waals surface area (Å²) in [7, 11) is -0.816. The molecule has 1 saturated heterocycles. The minimum atomic E-state index is -3.76. The molecule has 1 amide bonds. The van der Waals surface area contributed by atoms with Crippen LogP contribution in [0.25, 0.3) is 0 Å². The largest absolute Gasteiger partial charge is 0.494 e. The molecule has 156 valence electrons. The van der Waals surface area contributed by atoms with Crippen LogP contribution in [0.1, 0.15) is 28.8 Å². The Morgan fingerprint density at radius 2 is 1.90 bits per heavy atom. The van der Waals surface area contributed by atoms with E-state index in [-0.39, 0.29) is 27.8 Å². The number of rotatable bonds is 6. The molecule has 2 aromatic rings. The number of nitrogens with zero attached hydrogens (tertiary/aromatic N) is 2. The van der Waals surface area contributed by atoms with Gasteiger partial charge < -0.3 is 9.64 Å². The van der Waals surface area contributed by atoms with Gasteiger partial charge in [0.05, 0.1) is 12.1 Å². The molecular weight excluding hydrogens is 419 g/mol. The molecule has 3 rings (SSSR count). The Labute approximate surface area is 174 Å². The van der Waals surface area contributed by atoms with E-state index in [2.05, 4.69) is 0 Å². The van der Waals surface area contributed by atoms with Gasteiger partial charge in [0.15, 0.2) is 11.6 Å². The molecule has 1 aliphatic rings. The number of hydrogen-bond acceptors (Lipinski definition) is 4. The van der Waals surface area contributed by atoms with Gasteiger partial charge in [-0.05, 0) is 48.7 Å². The van der Waals surface area contributed by atoms with Crippen LogP contribution in [0.15, 0.2) is 41.3 Å². The smallest absolute Gasteiger partial charge is 0.253 e. The maximum Gasteiger partial charge on any atom is 0.253 e. The average molecular weight is 441 g/mol. The average Bonchev–Trinajstić information content (AvgIpc) is 3.23. The van der Waals surface area contributed by atoms with Crippen molar-refractivity contribution in [2.24, 2.45) is 0 Å². The molecule has 9 heteroatoms. The molecule has 1 fully saturated rings. The third-order valence-electron chi connectivity index (χ3n) is 4.84. The lowest BCUT2D eigenvalue weighted by Crippen LogP contribution is -2.29. The van der Waals surface area contributed by atoms with Crippen molar-refractivity contribution in [3.05, 3.63) is 58.4 Å². The Morgan fingerprint density at radius 3 is 2.52 bits per heavy atom. The van der Waals surface area contributed by atoms with Gasteiger partial charge in [0.25, 0.3) is 5.91 Å². The summed E-state index contributed by atoms with van der Waals surface area (Å²) < 4.78 is 45.9. The van der Waals surface area contributed by atoms with E-state index in [1.54, 1.807) is 13.1 Å². The molecule has 6 nitrogen and oxygen atoms in total. The summed E-state index contributed by atoms with van der Waals surface area (Å²) >= 11 is 6.13. The third-order valence-corrected chi connectivity index (χ3v) is 7.22. The SMILES string of the molecule is COc1ccc(CN(C)C(=O)c2ccc(Cl)c(S(=O)(=O)N3CCCC3)c2)cc1F. The number of sulfonamides is 1. The summed E-state index contributed by atoms with van der Waals surface area (Å²) in [4.78, 5) is 14.1. The lowest BCUT2D eigenvalue weighted by molar-refractivity contribution is 0.0784. The van der Waals surface area contributed by atoms with Crippen molar-refractivity contribution in [2.45, 2.75) is 24.3 Å². The van der Waals surface area contributed by atoms with Crippen molar-refractivity contribution in [3.8, 4) is 5.75 Å². The second-order valence-corrected chi connectivity index (χ2v) is 9.20. The highest BCUT2D eigenvalue weighted by Crippen LogP contribution is 2.28. The van der Waals surface area contributed by atoms with Crippen LogP contribution in [0.3, 0.4) is 0 Å². The van der Waals surface area contributed by atoms with Gasteiger partial charge in [-0.2, -0.15) is 4.31 Å². The molecule has 0 saturated carbocycles. The molecule has 2 aromatic carbocycles. The highest BCUT2D eigenvalue weighted by Gasteiger charge is 2.30. The van der Waals surface area contributed by atoms with Crippen LogP contribution >= 0.6 is 11.6 Å². The summed E-state index contributed by atoms with van der Waals surface area (Å²) in [5, 5.41) is 0.0772. The molecule has 0 spiro atoms. The van der Waals surface area contributed by atoms with Crippen LogP contribution in [-0.4, -0.2) is 50.8 Å². The Bertz CT molecular complexity index is 1020. The fourth-order valence-corrected chi connectivity index (χ4v) is 5.29. The van der Waals surface area contributed by atoms with Crippen LogP contribution in [0.2, 0.25) is 5.02 Å². The number of ether oxygens (including phenoxy) is 1. The first kappa shape index (κ1) is 21.5. The van der Waals surface area contributed by atoms with Crippen LogP contribution in [0.5, 0.6) is 5.75 Å². The van der Waals surface area contributed by atoms with E-state index in [9.17, 15) is 17.6 Å². The number of benzene rings is 2. The van der Waals surface area contributed by atoms with Gasteiger partial charge >= 0.3 is 0 Å². The number of hydrogen-bond donors (Lipinski definition) is 0. The van der Waals surface area contributed by atoms with Crippen LogP contribution < -0.4 is 4.74 Å². The highest BCUT2D eigenvalue weighted by atomic mass is 35.5. The predicted molar refractivity (Wildman–Crippen MR) is 108 cm³/mol. The summed E-state index contributed by atoms with van der Waals surface area (Å²) in [5.41, 5.74) is 0.779. The first-order valence-corrected chi connectivity index (χ1v) is 10.9. The molecule has 29 heavy (non-hydrogen) atoms. The van der Waals surface area contributed by atoms with Crippen molar-refractivity contribution in [1.29, 1.82) is 0 Å². The fraction of sp³-hybridized carbons (Fsp3) is 0.350. The monoisotopic (exact) mass is 440 g/mol. The van der Waals surface area contributed by atoms with Crippen molar-refractivity contribution >= 4 is 27.5 Å².